The third kappa shape index (κ3) is 4.66. The summed E-state index contributed by atoms with van der Waals surface area (Å²) in [7, 11) is 2.24. The van der Waals surface area contributed by atoms with Crippen LogP contribution < -0.4 is 0 Å². The Labute approximate surface area is 83.5 Å². The van der Waals surface area contributed by atoms with Crippen molar-refractivity contribution in [2.45, 2.75) is 46.0 Å². The van der Waals surface area contributed by atoms with Crippen LogP contribution in [0.1, 0.15) is 46.0 Å². The zero-order chi connectivity index (χ0) is 9.68. The number of nitrogens with zero attached hydrogens (tertiary/aromatic N) is 1. The summed E-state index contributed by atoms with van der Waals surface area (Å²) in [6.45, 7) is 7.31. The van der Waals surface area contributed by atoms with Crippen LogP contribution in [0.3, 0.4) is 0 Å². The summed E-state index contributed by atoms with van der Waals surface area (Å²) in [5.74, 6) is 1.93. The van der Waals surface area contributed by atoms with Gasteiger partial charge in [-0.3, -0.25) is 0 Å². The molecule has 1 saturated heterocycles. The second-order valence-corrected chi connectivity index (χ2v) is 5.07. The molecule has 1 heterocycles. The van der Waals surface area contributed by atoms with Crippen LogP contribution in [0.5, 0.6) is 0 Å². The number of hydrogen-bond acceptors (Lipinski definition) is 1. The predicted octanol–water partition coefficient (Wildman–Crippen LogP) is 3.15. The van der Waals surface area contributed by atoms with Crippen LogP contribution in [0.2, 0.25) is 0 Å². The van der Waals surface area contributed by atoms with Crippen molar-refractivity contribution in [3.8, 4) is 0 Å². The average molecular weight is 183 g/mol. The second-order valence-electron chi connectivity index (χ2n) is 5.07. The van der Waals surface area contributed by atoms with Crippen molar-refractivity contribution in [3.63, 3.8) is 0 Å². The van der Waals surface area contributed by atoms with E-state index >= 15 is 0 Å². The molecule has 0 atom stereocenters. The highest BCUT2D eigenvalue weighted by atomic mass is 15.1. The molecule has 0 aromatic heterocycles. The Morgan fingerprint density at radius 3 is 2.38 bits per heavy atom. The fraction of sp³-hybridized carbons (Fsp3) is 1.00. The first kappa shape index (κ1) is 11.0. The van der Waals surface area contributed by atoms with Crippen molar-refractivity contribution in [1.82, 2.24) is 4.90 Å². The predicted molar refractivity (Wildman–Crippen MR) is 58.9 cm³/mol. The molecule has 0 radical (unpaired) electrons. The lowest BCUT2D eigenvalue weighted by atomic mass is 9.90. The molecule has 13 heavy (non-hydrogen) atoms. The molecule has 1 heteroatoms. The smallest absolute Gasteiger partial charge is 0.00191 e. The van der Waals surface area contributed by atoms with Gasteiger partial charge in [0, 0.05) is 0 Å². The quantitative estimate of drug-likeness (QED) is 0.647. The topological polar surface area (TPSA) is 3.24 Å². The molecule has 0 aromatic rings. The fourth-order valence-corrected chi connectivity index (χ4v) is 2.17. The summed E-state index contributed by atoms with van der Waals surface area (Å²) in [6.07, 6.45) is 7.23. The molecular weight excluding hydrogens is 158 g/mol. The fourth-order valence-electron chi connectivity index (χ4n) is 2.17. The molecule has 0 bridgehead atoms. The van der Waals surface area contributed by atoms with Gasteiger partial charge in [0.25, 0.3) is 0 Å². The van der Waals surface area contributed by atoms with Gasteiger partial charge in [-0.1, -0.05) is 33.1 Å². The van der Waals surface area contributed by atoms with Gasteiger partial charge >= 0.3 is 0 Å². The summed E-state index contributed by atoms with van der Waals surface area (Å²) < 4.78 is 0. The van der Waals surface area contributed by atoms with Crippen molar-refractivity contribution in [2.75, 3.05) is 20.1 Å². The van der Waals surface area contributed by atoms with Crippen molar-refractivity contribution < 1.29 is 0 Å². The summed E-state index contributed by atoms with van der Waals surface area (Å²) in [4.78, 5) is 2.46. The third-order valence-corrected chi connectivity index (χ3v) is 3.23. The van der Waals surface area contributed by atoms with E-state index in [4.69, 9.17) is 0 Å². The van der Waals surface area contributed by atoms with Crippen molar-refractivity contribution in [2.24, 2.45) is 11.8 Å². The molecule has 0 N–H and O–H groups in total. The monoisotopic (exact) mass is 183 g/mol. The Hall–Kier alpha value is -0.0400. The van der Waals surface area contributed by atoms with Crippen LogP contribution in [0, 0.1) is 11.8 Å². The maximum Gasteiger partial charge on any atom is -0.00191 e. The standard InChI is InChI=1S/C12H25N/c1-11(2)5-4-6-12-7-9-13(3)10-8-12/h11-12H,4-10H2,1-3H3. The number of hydrogen-bond donors (Lipinski definition) is 0. The highest BCUT2D eigenvalue weighted by Gasteiger charge is 2.15. The zero-order valence-corrected chi connectivity index (χ0v) is 9.55. The first-order valence-electron chi connectivity index (χ1n) is 5.87. The van der Waals surface area contributed by atoms with Crippen LogP contribution in [-0.2, 0) is 0 Å². The Morgan fingerprint density at radius 1 is 1.23 bits per heavy atom. The van der Waals surface area contributed by atoms with E-state index in [0.29, 0.717) is 0 Å². The minimum absolute atomic E-state index is 0.895. The van der Waals surface area contributed by atoms with Gasteiger partial charge in [0.05, 0.1) is 0 Å². The highest BCUT2D eigenvalue weighted by Crippen LogP contribution is 2.22. The molecule has 1 nitrogen and oxygen atoms in total. The average Bonchev–Trinajstić information content (AvgIpc) is 2.08. The van der Waals surface area contributed by atoms with Gasteiger partial charge in [-0.25, -0.2) is 0 Å². The molecule has 0 saturated carbocycles. The molecular formula is C12H25N. The van der Waals surface area contributed by atoms with Crippen LogP contribution in [-0.4, -0.2) is 25.0 Å². The van der Waals surface area contributed by atoms with Crippen molar-refractivity contribution in [1.29, 1.82) is 0 Å². The Balaban J connectivity index is 2.02. The van der Waals surface area contributed by atoms with Crippen LogP contribution in [0.15, 0.2) is 0 Å². The molecule has 1 aliphatic rings. The summed E-state index contributed by atoms with van der Waals surface area (Å²) in [6, 6.07) is 0. The largest absolute Gasteiger partial charge is 0.306 e. The number of likely N-dealkylation sites (tertiary alicyclic amines) is 1. The van der Waals surface area contributed by atoms with E-state index in [0.717, 1.165) is 11.8 Å². The van der Waals surface area contributed by atoms with E-state index in [2.05, 4.69) is 25.8 Å². The van der Waals surface area contributed by atoms with E-state index in [9.17, 15) is 0 Å². The van der Waals surface area contributed by atoms with E-state index in [1.807, 2.05) is 0 Å². The first-order valence-corrected chi connectivity index (χ1v) is 5.87. The van der Waals surface area contributed by atoms with Gasteiger partial charge in [0.1, 0.15) is 0 Å². The Morgan fingerprint density at radius 2 is 1.85 bits per heavy atom. The SMILES string of the molecule is CC(C)CCCC1CCN(C)CC1. The normalized spacial score (nSPS) is 21.2. The third-order valence-electron chi connectivity index (χ3n) is 3.23. The molecule has 0 amide bonds. The van der Waals surface area contributed by atoms with Gasteiger partial charge in [0.15, 0.2) is 0 Å². The minimum atomic E-state index is 0.895. The number of piperidine rings is 1. The minimum Gasteiger partial charge on any atom is -0.306 e. The van der Waals surface area contributed by atoms with Crippen LogP contribution in [0.4, 0.5) is 0 Å². The molecule has 1 fully saturated rings. The molecule has 0 unspecified atom stereocenters. The Kier molecular flexibility index (Phi) is 4.79. The van der Waals surface area contributed by atoms with Crippen molar-refractivity contribution in [3.05, 3.63) is 0 Å². The van der Waals surface area contributed by atoms with Crippen molar-refractivity contribution >= 4 is 0 Å². The molecule has 0 aromatic carbocycles. The van der Waals surface area contributed by atoms with E-state index < -0.39 is 0 Å². The van der Waals surface area contributed by atoms with Gasteiger partial charge in [-0.2, -0.15) is 0 Å². The summed E-state index contributed by atoms with van der Waals surface area (Å²) in [5, 5.41) is 0. The maximum absolute atomic E-state index is 2.46. The summed E-state index contributed by atoms with van der Waals surface area (Å²) >= 11 is 0. The first-order chi connectivity index (χ1) is 6.18. The zero-order valence-electron chi connectivity index (χ0n) is 9.55. The van der Waals surface area contributed by atoms with E-state index in [1.165, 1.54) is 45.2 Å². The molecule has 1 rings (SSSR count). The second kappa shape index (κ2) is 5.64. The van der Waals surface area contributed by atoms with Gasteiger partial charge in [-0.05, 0) is 44.8 Å². The lowest BCUT2D eigenvalue weighted by molar-refractivity contribution is 0.208. The molecule has 1 aliphatic heterocycles. The number of rotatable bonds is 4. The highest BCUT2D eigenvalue weighted by molar-refractivity contribution is 4.69. The van der Waals surface area contributed by atoms with Crippen LogP contribution >= 0.6 is 0 Å². The molecule has 78 valence electrons. The van der Waals surface area contributed by atoms with Gasteiger partial charge < -0.3 is 4.90 Å². The van der Waals surface area contributed by atoms with Gasteiger partial charge in [-0.15, -0.1) is 0 Å². The van der Waals surface area contributed by atoms with Crippen LogP contribution in [0.25, 0.3) is 0 Å². The van der Waals surface area contributed by atoms with Gasteiger partial charge in [0.2, 0.25) is 0 Å². The summed E-state index contributed by atoms with van der Waals surface area (Å²) in [5.41, 5.74) is 0. The lowest BCUT2D eigenvalue weighted by Crippen LogP contribution is -2.30. The maximum atomic E-state index is 2.46. The lowest BCUT2D eigenvalue weighted by Gasteiger charge is -2.29. The Bertz CT molecular complexity index is 123. The van der Waals surface area contributed by atoms with E-state index in [1.54, 1.807) is 0 Å². The van der Waals surface area contributed by atoms with E-state index in [-0.39, 0.29) is 0 Å². The molecule has 0 spiro atoms. The molecule has 0 aliphatic carbocycles.